The largest absolute Gasteiger partial charge is 0.491 e. The number of carbonyl (C=O) groups is 3. The van der Waals surface area contributed by atoms with E-state index in [9.17, 15) is 14.4 Å². The summed E-state index contributed by atoms with van der Waals surface area (Å²) in [5.74, 6) is -2.27. The molecule has 1 fully saturated rings. The van der Waals surface area contributed by atoms with Crippen molar-refractivity contribution in [1.29, 1.82) is 0 Å². The standard InChI is InChI=1S/C16H19NO6/c1-2-14(18)17-7-3-4-10(17)9-23-11-5-6-12(15(19)20)13(8-11)16(21)22/h5-6,8,10H,2-4,7,9H2,1H3,(H,19,20)(H,21,22)/t10-/m0/s1. The SMILES string of the molecule is CCC(=O)N1CCC[C@H]1COc1ccc(C(=O)O)c(C(=O)O)c1. The highest BCUT2D eigenvalue weighted by Crippen LogP contribution is 2.22. The quantitative estimate of drug-likeness (QED) is 0.829. The van der Waals surface area contributed by atoms with Crippen molar-refractivity contribution in [2.45, 2.75) is 32.2 Å². The van der Waals surface area contributed by atoms with Gasteiger partial charge in [0.2, 0.25) is 5.91 Å². The molecule has 1 aliphatic heterocycles. The Balaban J connectivity index is 2.09. The normalized spacial score (nSPS) is 17.1. The molecule has 0 aliphatic carbocycles. The van der Waals surface area contributed by atoms with Gasteiger partial charge in [0.15, 0.2) is 0 Å². The van der Waals surface area contributed by atoms with Gasteiger partial charge in [0.25, 0.3) is 0 Å². The van der Waals surface area contributed by atoms with Gasteiger partial charge in [-0.15, -0.1) is 0 Å². The molecule has 0 bridgehead atoms. The highest BCUT2D eigenvalue weighted by atomic mass is 16.5. The van der Waals surface area contributed by atoms with Gasteiger partial charge in [-0.1, -0.05) is 6.92 Å². The highest BCUT2D eigenvalue weighted by Gasteiger charge is 2.28. The molecule has 0 spiro atoms. The van der Waals surface area contributed by atoms with Gasteiger partial charge in [0.1, 0.15) is 12.4 Å². The number of ether oxygens (including phenoxy) is 1. The Labute approximate surface area is 133 Å². The third-order valence-electron chi connectivity index (χ3n) is 3.89. The number of hydrogen-bond donors (Lipinski definition) is 2. The fraction of sp³-hybridized carbons (Fsp3) is 0.438. The van der Waals surface area contributed by atoms with Crippen LogP contribution < -0.4 is 4.74 Å². The molecule has 1 aromatic rings. The summed E-state index contributed by atoms with van der Waals surface area (Å²) in [4.78, 5) is 35.8. The number of amides is 1. The maximum absolute atomic E-state index is 11.8. The summed E-state index contributed by atoms with van der Waals surface area (Å²) < 4.78 is 5.59. The van der Waals surface area contributed by atoms with Crippen LogP contribution >= 0.6 is 0 Å². The number of nitrogens with zero attached hydrogens (tertiary/aromatic N) is 1. The lowest BCUT2D eigenvalue weighted by Gasteiger charge is -2.24. The average Bonchev–Trinajstić information content (AvgIpc) is 3.00. The Kier molecular flexibility index (Phi) is 5.20. The first-order chi connectivity index (χ1) is 10.9. The Hall–Kier alpha value is -2.57. The number of rotatable bonds is 6. The van der Waals surface area contributed by atoms with Crippen LogP contribution in [-0.2, 0) is 4.79 Å². The minimum absolute atomic E-state index is 0.0325. The zero-order chi connectivity index (χ0) is 17.0. The van der Waals surface area contributed by atoms with E-state index in [2.05, 4.69) is 0 Å². The maximum Gasteiger partial charge on any atom is 0.336 e. The average molecular weight is 321 g/mol. The van der Waals surface area contributed by atoms with Crippen molar-refractivity contribution in [3.63, 3.8) is 0 Å². The van der Waals surface area contributed by atoms with Crippen molar-refractivity contribution in [3.05, 3.63) is 29.3 Å². The Bertz CT molecular complexity index is 627. The minimum Gasteiger partial charge on any atom is -0.491 e. The summed E-state index contributed by atoms with van der Waals surface area (Å²) in [6.07, 6.45) is 2.19. The van der Waals surface area contributed by atoms with Crippen LogP contribution in [0.4, 0.5) is 0 Å². The summed E-state index contributed by atoms with van der Waals surface area (Å²) in [6.45, 7) is 2.78. The monoisotopic (exact) mass is 321 g/mol. The van der Waals surface area contributed by atoms with E-state index in [0.717, 1.165) is 12.8 Å². The molecule has 7 nitrogen and oxygen atoms in total. The van der Waals surface area contributed by atoms with E-state index in [0.29, 0.717) is 13.0 Å². The lowest BCUT2D eigenvalue weighted by Crippen LogP contribution is -2.38. The third kappa shape index (κ3) is 3.80. The van der Waals surface area contributed by atoms with Crippen LogP contribution in [0.25, 0.3) is 0 Å². The molecule has 0 unspecified atom stereocenters. The van der Waals surface area contributed by atoms with Gasteiger partial charge in [-0.05, 0) is 31.0 Å². The molecule has 2 rings (SSSR count). The minimum atomic E-state index is -1.32. The van der Waals surface area contributed by atoms with Crippen molar-refractivity contribution in [1.82, 2.24) is 4.90 Å². The molecule has 0 saturated carbocycles. The molecule has 124 valence electrons. The van der Waals surface area contributed by atoms with Crippen LogP contribution in [0.3, 0.4) is 0 Å². The molecule has 1 aromatic carbocycles. The molecule has 2 N–H and O–H groups in total. The predicted molar refractivity (Wildman–Crippen MR) is 80.9 cm³/mol. The van der Waals surface area contributed by atoms with Crippen LogP contribution in [0.1, 0.15) is 46.9 Å². The van der Waals surface area contributed by atoms with Crippen LogP contribution in [0.15, 0.2) is 18.2 Å². The lowest BCUT2D eigenvalue weighted by molar-refractivity contribution is -0.132. The number of hydrogen-bond acceptors (Lipinski definition) is 4. The number of benzene rings is 1. The fourth-order valence-electron chi connectivity index (χ4n) is 2.71. The van der Waals surface area contributed by atoms with Gasteiger partial charge < -0.3 is 19.8 Å². The molecule has 0 radical (unpaired) electrons. The summed E-state index contributed by atoms with van der Waals surface area (Å²) in [7, 11) is 0. The van der Waals surface area contributed by atoms with Crippen molar-refractivity contribution in [2.24, 2.45) is 0 Å². The zero-order valence-corrected chi connectivity index (χ0v) is 12.8. The molecule has 7 heteroatoms. The van der Waals surface area contributed by atoms with Gasteiger partial charge in [0.05, 0.1) is 17.2 Å². The van der Waals surface area contributed by atoms with E-state index in [-0.39, 0.29) is 35.4 Å². The Morgan fingerprint density at radius 1 is 1.22 bits per heavy atom. The van der Waals surface area contributed by atoms with E-state index in [1.165, 1.54) is 18.2 Å². The van der Waals surface area contributed by atoms with Gasteiger partial charge >= 0.3 is 11.9 Å². The van der Waals surface area contributed by atoms with Gasteiger partial charge in [0, 0.05) is 13.0 Å². The molecule has 1 amide bonds. The van der Waals surface area contributed by atoms with Gasteiger partial charge in [-0.3, -0.25) is 4.79 Å². The van der Waals surface area contributed by atoms with E-state index >= 15 is 0 Å². The molecule has 1 atom stereocenters. The number of carboxylic acid groups (broad SMARTS) is 2. The van der Waals surface area contributed by atoms with Crippen LogP contribution in [0.5, 0.6) is 5.75 Å². The lowest BCUT2D eigenvalue weighted by atomic mass is 10.1. The van der Waals surface area contributed by atoms with Crippen LogP contribution in [-0.4, -0.2) is 52.2 Å². The molecule has 23 heavy (non-hydrogen) atoms. The number of aromatic carboxylic acids is 2. The van der Waals surface area contributed by atoms with Crippen LogP contribution in [0, 0.1) is 0 Å². The van der Waals surface area contributed by atoms with Crippen LogP contribution in [0.2, 0.25) is 0 Å². The van der Waals surface area contributed by atoms with E-state index in [1.54, 1.807) is 4.90 Å². The first-order valence-corrected chi connectivity index (χ1v) is 7.47. The number of carbonyl (C=O) groups excluding carboxylic acids is 1. The molecular formula is C16H19NO6. The predicted octanol–water partition coefficient (Wildman–Crippen LogP) is 1.86. The third-order valence-corrected chi connectivity index (χ3v) is 3.89. The first kappa shape index (κ1) is 16.8. The zero-order valence-electron chi connectivity index (χ0n) is 12.8. The van der Waals surface area contributed by atoms with E-state index in [1.807, 2.05) is 6.92 Å². The summed E-state index contributed by atoms with van der Waals surface area (Å²) in [5, 5.41) is 18.1. The van der Waals surface area contributed by atoms with Crippen molar-refractivity contribution < 1.29 is 29.3 Å². The molecule has 0 aromatic heterocycles. The Morgan fingerprint density at radius 2 is 1.91 bits per heavy atom. The van der Waals surface area contributed by atoms with Crippen molar-refractivity contribution >= 4 is 17.8 Å². The second-order valence-corrected chi connectivity index (χ2v) is 5.37. The summed E-state index contributed by atoms with van der Waals surface area (Å²) in [5.41, 5.74) is -0.601. The summed E-state index contributed by atoms with van der Waals surface area (Å²) >= 11 is 0. The second kappa shape index (κ2) is 7.13. The maximum atomic E-state index is 11.8. The van der Waals surface area contributed by atoms with E-state index < -0.39 is 11.9 Å². The summed E-state index contributed by atoms with van der Waals surface area (Å²) in [6, 6.07) is 3.81. The van der Waals surface area contributed by atoms with Gasteiger partial charge in [-0.25, -0.2) is 9.59 Å². The molecule has 1 heterocycles. The fourth-order valence-corrected chi connectivity index (χ4v) is 2.71. The highest BCUT2D eigenvalue weighted by molar-refractivity contribution is 6.02. The number of carboxylic acids is 2. The number of likely N-dealkylation sites (tertiary alicyclic amines) is 1. The molecule has 1 saturated heterocycles. The smallest absolute Gasteiger partial charge is 0.336 e. The van der Waals surface area contributed by atoms with E-state index in [4.69, 9.17) is 14.9 Å². The van der Waals surface area contributed by atoms with Crippen molar-refractivity contribution in [3.8, 4) is 5.75 Å². The van der Waals surface area contributed by atoms with Crippen molar-refractivity contribution in [2.75, 3.05) is 13.2 Å². The second-order valence-electron chi connectivity index (χ2n) is 5.37. The Morgan fingerprint density at radius 3 is 2.52 bits per heavy atom. The first-order valence-electron chi connectivity index (χ1n) is 7.47. The molecular weight excluding hydrogens is 302 g/mol. The van der Waals surface area contributed by atoms with Gasteiger partial charge in [-0.2, -0.15) is 0 Å². The topological polar surface area (TPSA) is 104 Å². The molecule has 1 aliphatic rings.